The van der Waals surface area contributed by atoms with Crippen LogP contribution in [0.4, 0.5) is 5.82 Å². The lowest BCUT2D eigenvalue weighted by Gasteiger charge is -2.02. The summed E-state index contributed by atoms with van der Waals surface area (Å²) in [5.41, 5.74) is 5.86. The normalized spacial score (nSPS) is 10.2. The number of nitrogen functional groups attached to an aromatic ring is 1. The highest BCUT2D eigenvalue weighted by atomic mass is 16.5. The second kappa shape index (κ2) is 4.17. The summed E-state index contributed by atoms with van der Waals surface area (Å²) >= 11 is 0. The third kappa shape index (κ3) is 1.80. The lowest BCUT2D eigenvalue weighted by molar-refractivity contribution is 0.0602. The Bertz CT molecular complexity index is 562. The lowest BCUT2D eigenvalue weighted by Crippen LogP contribution is -2.05. The molecule has 0 saturated carbocycles. The van der Waals surface area contributed by atoms with Crippen LogP contribution in [-0.4, -0.2) is 23.3 Å². The van der Waals surface area contributed by atoms with E-state index in [4.69, 9.17) is 10.3 Å². The van der Waals surface area contributed by atoms with Crippen molar-refractivity contribution in [2.24, 2.45) is 0 Å². The van der Waals surface area contributed by atoms with Crippen LogP contribution in [0, 0.1) is 0 Å². The fraction of sp³-hybridized carbons (Fsp3) is 0.0909. The lowest BCUT2D eigenvalue weighted by atomic mass is 10.1. The Morgan fingerprint density at radius 1 is 1.47 bits per heavy atom. The number of benzene rings is 1. The van der Waals surface area contributed by atoms with Gasteiger partial charge in [0.15, 0.2) is 17.1 Å². The molecular weight excluding hydrogens is 224 g/mol. The zero-order valence-corrected chi connectivity index (χ0v) is 9.01. The molecule has 0 aliphatic heterocycles. The second-order valence-corrected chi connectivity index (χ2v) is 3.28. The quantitative estimate of drug-likeness (QED) is 0.762. The maximum absolute atomic E-state index is 11.5. The second-order valence-electron chi connectivity index (χ2n) is 3.28. The van der Waals surface area contributed by atoms with E-state index in [0.717, 1.165) is 0 Å². The minimum Gasteiger partial charge on any atom is -0.507 e. The fourth-order valence-electron chi connectivity index (χ4n) is 1.45. The average Bonchev–Trinajstić information content (AvgIpc) is 2.71. The maximum atomic E-state index is 11.5. The molecule has 0 aliphatic rings. The first-order chi connectivity index (χ1) is 8.15. The molecular formula is C11H10N2O4. The minimum atomic E-state index is -0.665. The summed E-state index contributed by atoms with van der Waals surface area (Å²) in [4.78, 5) is 11.5. The minimum absolute atomic E-state index is 0.00833. The van der Waals surface area contributed by atoms with Gasteiger partial charge in [0, 0.05) is 0 Å². The Balaban J connectivity index is 2.61. The highest BCUT2D eigenvalue weighted by Crippen LogP contribution is 2.33. The zero-order valence-electron chi connectivity index (χ0n) is 9.01. The van der Waals surface area contributed by atoms with Gasteiger partial charge in [-0.05, 0) is 12.1 Å². The molecule has 1 heterocycles. The van der Waals surface area contributed by atoms with Crippen molar-refractivity contribution in [3.8, 4) is 17.1 Å². The highest BCUT2D eigenvalue weighted by molar-refractivity contribution is 6.00. The van der Waals surface area contributed by atoms with Gasteiger partial charge in [-0.3, -0.25) is 0 Å². The van der Waals surface area contributed by atoms with Crippen LogP contribution in [0.1, 0.15) is 10.4 Å². The van der Waals surface area contributed by atoms with Crippen molar-refractivity contribution in [1.82, 2.24) is 5.16 Å². The number of aromatic hydroxyl groups is 1. The molecule has 17 heavy (non-hydrogen) atoms. The molecule has 6 nitrogen and oxygen atoms in total. The van der Waals surface area contributed by atoms with E-state index in [2.05, 4.69) is 9.89 Å². The van der Waals surface area contributed by atoms with Crippen LogP contribution in [0.2, 0.25) is 0 Å². The van der Waals surface area contributed by atoms with Crippen LogP contribution >= 0.6 is 0 Å². The number of anilines is 1. The number of hydrogen-bond donors (Lipinski definition) is 2. The van der Waals surface area contributed by atoms with Gasteiger partial charge < -0.3 is 20.1 Å². The number of nitrogens with zero attached hydrogens (tertiary/aromatic N) is 1. The number of phenols is 1. The van der Waals surface area contributed by atoms with Gasteiger partial charge in [0.05, 0.1) is 12.7 Å². The number of carbonyl (C=O) groups excluding carboxylic acids is 1. The molecule has 0 unspecified atom stereocenters. The van der Waals surface area contributed by atoms with E-state index >= 15 is 0 Å². The van der Waals surface area contributed by atoms with Gasteiger partial charge in [-0.2, -0.15) is 0 Å². The third-order valence-electron chi connectivity index (χ3n) is 2.26. The summed E-state index contributed by atoms with van der Waals surface area (Å²) in [6, 6.07) is 6.39. The maximum Gasteiger partial charge on any atom is 0.345 e. The Kier molecular flexibility index (Phi) is 2.70. The molecule has 0 spiro atoms. The largest absolute Gasteiger partial charge is 0.507 e. The summed E-state index contributed by atoms with van der Waals surface area (Å²) in [5.74, 6) is -0.682. The Morgan fingerprint density at radius 3 is 2.82 bits per heavy atom. The molecule has 6 heteroatoms. The number of rotatable bonds is 2. The predicted molar refractivity (Wildman–Crippen MR) is 59.4 cm³/mol. The topological polar surface area (TPSA) is 98.6 Å². The Morgan fingerprint density at radius 2 is 2.18 bits per heavy atom. The summed E-state index contributed by atoms with van der Waals surface area (Å²) in [6.45, 7) is 0. The monoisotopic (exact) mass is 234 g/mol. The molecule has 0 radical (unpaired) electrons. The molecule has 0 fully saturated rings. The van der Waals surface area contributed by atoms with E-state index in [-0.39, 0.29) is 22.9 Å². The first-order valence-electron chi connectivity index (χ1n) is 4.77. The van der Waals surface area contributed by atoms with Gasteiger partial charge in [0.1, 0.15) is 5.75 Å². The SMILES string of the molecule is COC(=O)c1c(N)noc1-c1ccccc1O. The first kappa shape index (κ1) is 11.0. The van der Waals surface area contributed by atoms with Gasteiger partial charge in [-0.1, -0.05) is 17.3 Å². The van der Waals surface area contributed by atoms with Crippen LogP contribution in [0.5, 0.6) is 5.75 Å². The van der Waals surface area contributed by atoms with Crippen LogP contribution in [-0.2, 0) is 4.74 Å². The summed E-state index contributed by atoms with van der Waals surface area (Å²) in [5, 5.41) is 13.2. The molecule has 0 amide bonds. The van der Waals surface area contributed by atoms with Crippen molar-refractivity contribution < 1.29 is 19.2 Å². The van der Waals surface area contributed by atoms with Gasteiger partial charge in [0.25, 0.3) is 0 Å². The van der Waals surface area contributed by atoms with Crippen molar-refractivity contribution in [2.75, 3.05) is 12.8 Å². The summed E-state index contributed by atoms with van der Waals surface area (Å²) < 4.78 is 9.53. The van der Waals surface area contributed by atoms with E-state index in [1.54, 1.807) is 18.2 Å². The molecule has 0 saturated heterocycles. The predicted octanol–water partition coefficient (Wildman–Crippen LogP) is 1.42. The van der Waals surface area contributed by atoms with Gasteiger partial charge >= 0.3 is 5.97 Å². The van der Waals surface area contributed by atoms with E-state index in [9.17, 15) is 9.90 Å². The number of phenolic OH excluding ortho intramolecular Hbond substituents is 1. The number of para-hydroxylation sites is 1. The fourth-order valence-corrected chi connectivity index (χ4v) is 1.45. The van der Waals surface area contributed by atoms with Crippen molar-refractivity contribution in [2.45, 2.75) is 0 Å². The molecule has 0 aliphatic carbocycles. The van der Waals surface area contributed by atoms with Gasteiger partial charge in [-0.25, -0.2) is 4.79 Å². The van der Waals surface area contributed by atoms with Crippen LogP contribution in [0.15, 0.2) is 28.8 Å². The van der Waals surface area contributed by atoms with Crippen LogP contribution in [0.3, 0.4) is 0 Å². The number of carbonyl (C=O) groups is 1. The average molecular weight is 234 g/mol. The van der Waals surface area contributed by atoms with E-state index in [0.29, 0.717) is 5.56 Å². The highest BCUT2D eigenvalue weighted by Gasteiger charge is 2.24. The number of esters is 1. The van der Waals surface area contributed by atoms with Crippen molar-refractivity contribution in [3.63, 3.8) is 0 Å². The van der Waals surface area contributed by atoms with Crippen molar-refractivity contribution in [1.29, 1.82) is 0 Å². The van der Waals surface area contributed by atoms with Crippen molar-refractivity contribution in [3.05, 3.63) is 29.8 Å². The molecule has 3 N–H and O–H groups in total. The third-order valence-corrected chi connectivity index (χ3v) is 2.26. The summed E-state index contributed by atoms with van der Waals surface area (Å²) in [7, 11) is 1.23. The van der Waals surface area contributed by atoms with Crippen LogP contribution < -0.4 is 5.73 Å². The molecule has 2 rings (SSSR count). The Hall–Kier alpha value is -2.50. The number of aromatic nitrogens is 1. The number of ether oxygens (including phenoxy) is 1. The molecule has 1 aromatic heterocycles. The Labute approximate surface area is 96.6 Å². The first-order valence-corrected chi connectivity index (χ1v) is 4.77. The molecule has 2 aromatic rings. The van der Waals surface area contributed by atoms with E-state index in [1.165, 1.54) is 13.2 Å². The van der Waals surface area contributed by atoms with Crippen LogP contribution in [0.25, 0.3) is 11.3 Å². The van der Waals surface area contributed by atoms with E-state index < -0.39 is 5.97 Å². The smallest absolute Gasteiger partial charge is 0.345 e. The number of methoxy groups -OCH3 is 1. The van der Waals surface area contributed by atoms with Crippen molar-refractivity contribution >= 4 is 11.8 Å². The zero-order chi connectivity index (χ0) is 12.4. The molecule has 88 valence electrons. The molecule has 0 atom stereocenters. The van der Waals surface area contributed by atoms with E-state index in [1.807, 2.05) is 0 Å². The van der Waals surface area contributed by atoms with Gasteiger partial charge in [0.2, 0.25) is 0 Å². The molecule has 0 bridgehead atoms. The standard InChI is InChI=1S/C11H10N2O4/c1-16-11(15)8-9(17-13-10(8)12)6-4-2-3-5-7(6)14/h2-5,14H,1H3,(H2,12,13). The van der Waals surface area contributed by atoms with Gasteiger partial charge in [-0.15, -0.1) is 0 Å². The molecule has 1 aromatic carbocycles. The summed E-state index contributed by atoms with van der Waals surface area (Å²) in [6.07, 6.45) is 0. The number of hydrogen-bond acceptors (Lipinski definition) is 6. The number of nitrogens with two attached hydrogens (primary N) is 1.